The smallest absolute Gasteiger partial charge is 0.335 e. The Morgan fingerprint density at radius 3 is 3.06 bits per heavy atom. The molecule has 0 unspecified atom stereocenters. The molecule has 1 aliphatic rings. The minimum absolute atomic E-state index is 0.315. The van der Waals surface area contributed by atoms with Gasteiger partial charge >= 0.3 is 5.97 Å². The highest BCUT2D eigenvalue weighted by molar-refractivity contribution is 7.98. The lowest BCUT2D eigenvalue weighted by Gasteiger charge is -2.06. The fraction of sp³-hybridized carbons (Fsp3) is 0.231. The van der Waals surface area contributed by atoms with E-state index < -0.39 is 5.97 Å². The van der Waals surface area contributed by atoms with Gasteiger partial charge in [0.25, 0.3) is 0 Å². The largest absolute Gasteiger partial charge is 0.478 e. The summed E-state index contributed by atoms with van der Waals surface area (Å²) in [7, 11) is 0. The molecule has 1 aromatic carbocycles. The number of nitrogens with zero attached hydrogens (tertiary/aromatic N) is 1. The van der Waals surface area contributed by atoms with E-state index in [-0.39, 0.29) is 0 Å². The molecule has 0 bridgehead atoms. The number of fused-ring (bicyclic) bond motifs is 1. The third-order valence-electron chi connectivity index (χ3n) is 2.85. The summed E-state index contributed by atoms with van der Waals surface area (Å²) in [5, 5.41) is 9.93. The van der Waals surface area contributed by atoms with Crippen LogP contribution >= 0.6 is 23.1 Å². The molecule has 0 saturated heterocycles. The summed E-state index contributed by atoms with van der Waals surface area (Å²) in [4.78, 5) is 16.9. The SMILES string of the molecule is O=C(O)c1cccc(-c2nc3c(s2)CSCC3)c1. The molecule has 0 spiro atoms. The van der Waals surface area contributed by atoms with Crippen molar-refractivity contribution in [1.29, 1.82) is 0 Å². The molecule has 3 nitrogen and oxygen atoms in total. The second kappa shape index (κ2) is 4.74. The number of carboxylic acid groups (broad SMARTS) is 1. The first-order valence-electron chi connectivity index (χ1n) is 5.64. The average Bonchev–Trinajstić information content (AvgIpc) is 2.82. The van der Waals surface area contributed by atoms with Crippen LogP contribution in [0.4, 0.5) is 0 Å². The van der Waals surface area contributed by atoms with Gasteiger partial charge in [0.1, 0.15) is 5.01 Å². The molecule has 0 amide bonds. The van der Waals surface area contributed by atoms with Gasteiger partial charge < -0.3 is 5.11 Å². The van der Waals surface area contributed by atoms with Gasteiger partial charge in [0.15, 0.2) is 0 Å². The van der Waals surface area contributed by atoms with Crippen molar-refractivity contribution in [3.05, 3.63) is 40.4 Å². The lowest BCUT2D eigenvalue weighted by molar-refractivity contribution is 0.0697. The first-order chi connectivity index (χ1) is 8.74. The van der Waals surface area contributed by atoms with E-state index in [1.54, 1.807) is 29.5 Å². The lowest BCUT2D eigenvalue weighted by Crippen LogP contribution is -1.99. The third-order valence-corrected chi connectivity index (χ3v) is 5.17. The van der Waals surface area contributed by atoms with E-state index in [2.05, 4.69) is 4.98 Å². The number of rotatable bonds is 2. The van der Waals surface area contributed by atoms with Crippen LogP contribution in [-0.4, -0.2) is 21.8 Å². The van der Waals surface area contributed by atoms with E-state index in [1.165, 1.54) is 10.6 Å². The van der Waals surface area contributed by atoms with Gasteiger partial charge in [-0.1, -0.05) is 12.1 Å². The van der Waals surface area contributed by atoms with E-state index in [0.29, 0.717) is 5.56 Å². The van der Waals surface area contributed by atoms with E-state index in [1.807, 2.05) is 17.8 Å². The van der Waals surface area contributed by atoms with Gasteiger partial charge in [0.2, 0.25) is 0 Å². The fourth-order valence-electron chi connectivity index (χ4n) is 1.93. The topological polar surface area (TPSA) is 50.2 Å². The Hall–Kier alpha value is -1.33. The average molecular weight is 277 g/mol. The molecule has 18 heavy (non-hydrogen) atoms. The summed E-state index contributed by atoms with van der Waals surface area (Å²) in [5.74, 6) is 1.27. The molecule has 92 valence electrons. The number of hydrogen-bond donors (Lipinski definition) is 1. The molecule has 2 aromatic rings. The molecule has 2 heterocycles. The Labute approximate surface area is 113 Å². The second-order valence-corrected chi connectivity index (χ2v) is 6.27. The van der Waals surface area contributed by atoms with Crippen LogP contribution in [0, 0.1) is 0 Å². The molecule has 0 fully saturated rings. The van der Waals surface area contributed by atoms with Crippen molar-refractivity contribution in [1.82, 2.24) is 4.98 Å². The van der Waals surface area contributed by atoms with Crippen molar-refractivity contribution in [2.24, 2.45) is 0 Å². The Bertz CT molecular complexity index is 583. The minimum atomic E-state index is -0.895. The predicted octanol–water partition coefficient (Wildman–Crippen LogP) is 3.30. The highest BCUT2D eigenvalue weighted by Crippen LogP contribution is 2.34. The van der Waals surface area contributed by atoms with Gasteiger partial charge in [0.05, 0.1) is 11.3 Å². The van der Waals surface area contributed by atoms with Gasteiger partial charge in [-0.25, -0.2) is 9.78 Å². The molecule has 0 aliphatic carbocycles. The van der Waals surface area contributed by atoms with E-state index in [0.717, 1.165) is 28.5 Å². The number of thioether (sulfide) groups is 1. The number of aromatic carboxylic acids is 1. The summed E-state index contributed by atoms with van der Waals surface area (Å²) in [6.07, 6.45) is 1.02. The Morgan fingerprint density at radius 1 is 1.39 bits per heavy atom. The van der Waals surface area contributed by atoms with Crippen molar-refractivity contribution in [3.63, 3.8) is 0 Å². The molecule has 3 rings (SSSR count). The maximum Gasteiger partial charge on any atom is 0.335 e. The molecule has 1 aromatic heterocycles. The van der Waals surface area contributed by atoms with Crippen LogP contribution in [0.25, 0.3) is 10.6 Å². The molecule has 1 aliphatic heterocycles. The zero-order valence-electron chi connectivity index (χ0n) is 9.55. The summed E-state index contributed by atoms with van der Waals surface area (Å²) in [5.41, 5.74) is 2.41. The number of carboxylic acids is 1. The maximum atomic E-state index is 11.0. The van der Waals surface area contributed by atoms with E-state index >= 15 is 0 Å². The molecular formula is C13H11NO2S2. The van der Waals surface area contributed by atoms with Gasteiger partial charge in [-0.2, -0.15) is 11.8 Å². The molecule has 0 saturated carbocycles. The van der Waals surface area contributed by atoms with Crippen LogP contribution in [0.15, 0.2) is 24.3 Å². The quantitative estimate of drug-likeness (QED) is 0.915. The van der Waals surface area contributed by atoms with Crippen molar-refractivity contribution >= 4 is 29.1 Å². The van der Waals surface area contributed by atoms with E-state index in [9.17, 15) is 4.79 Å². The number of hydrogen-bond acceptors (Lipinski definition) is 4. The predicted molar refractivity (Wildman–Crippen MR) is 74.4 cm³/mol. The highest BCUT2D eigenvalue weighted by atomic mass is 32.2. The number of thiazole rings is 1. The Kier molecular flexibility index (Phi) is 3.09. The number of aryl methyl sites for hydroxylation is 1. The third kappa shape index (κ3) is 2.15. The maximum absolute atomic E-state index is 11.0. The first-order valence-corrected chi connectivity index (χ1v) is 7.61. The van der Waals surface area contributed by atoms with E-state index in [4.69, 9.17) is 5.11 Å². The van der Waals surface area contributed by atoms with Gasteiger partial charge in [-0.3, -0.25) is 0 Å². The minimum Gasteiger partial charge on any atom is -0.478 e. The van der Waals surface area contributed by atoms with Gasteiger partial charge in [-0.05, 0) is 24.3 Å². The van der Waals surface area contributed by atoms with Crippen LogP contribution in [0.5, 0.6) is 0 Å². The summed E-state index contributed by atoms with van der Waals surface area (Å²) in [6.45, 7) is 0. The van der Waals surface area contributed by atoms with Gasteiger partial charge in [0, 0.05) is 16.2 Å². The normalized spacial score (nSPS) is 14.2. The second-order valence-electron chi connectivity index (χ2n) is 4.08. The summed E-state index contributed by atoms with van der Waals surface area (Å²) in [6, 6.07) is 6.99. The molecule has 0 atom stereocenters. The van der Waals surface area contributed by atoms with Crippen molar-refractivity contribution in [3.8, 4) is 10.6 Å². The van der Waals surface area contributed by atoms with Crippen LogP contribution in [0.2, 0.25) is 0 Å². The standard InChI is InChI=1S/C13H11NO2S2/c15-13(16)9-3-1-2-8(6-9)12-14-10-4-5-17-7-11(10)18-12/h1-3,6H,4-5,7H2,(H,15,16). The zero-order valence-corrected chi connectivity index (χ0v) is 11.2. The summed E-state index contributed by atoms with van der Waals surface area (Å²) >= 11 is 3.61. The molecular weight excluding hydrogens is 266 g/mol. The number of carbonyl (C=O) groups is 1. The molecule has 1 N–H and O–H groups in total. The van der Waals surface area contributed by atoms with Crippen LogP contribution in [-0.2, 0) is 12.2 Å². The Morgan fingerprint density at radius 2 is 2.28 bits per heavy atom. The first kappa shape index (κ1) is 11.7. The van der Waals surface area contributed by atoms with Crippen LogP contribution in [0.3, 0.4) is 0 Å². The highest BCUT2D eigenvalue weighted by Gasteiger charge is 2.16. The Balaban J connectivity index is 2.01. The van der Waals surface area contributed by atoms with Crippen LogP contribution in [0.1, 0.15) is 20.9 Å². The van der Waals surface area contributed by atoms with Crippen LogP contribution < -0.4 is 0 Å². The molecule has 0 radical (unpaired) electrons. The number of aromatic nitrogens is 1. The monoisotopic (exact) mass is 277 g/mol. The fourth-order valence-corrected chi connectivity index (χ4v) is 4.15. The van der Waals surface area contributed by atoms with Crippen molar-refractivity contribution < 1.29 is 9.90 Å². The molecule has 5 heteroatoms. The number of benzene rings is 1. The zero-order chi connectivity index (χ0) is 12.5. The summed E-state index contributed by atoms with van der Waals surface area (Å²) < 4.78 is 0. The lowest BCUT2D eigenvalue weighted by atomic mass is 10.1. The van der Waals surface area contributed by atoms with Gasteiger partial charge in [-0.15, -0.1) is 11.3 Å². The van der Waals surface area contributed by atoms with Crippen molar-refractivity contribution in [2.75, 3.05) is 5.75 Å². The van der Waals surface area contributed by atoms with Crippen molar-refractivity contribution in [2.45, 2.75) is 12.2 Å².